The summed E-state index contributed by atoms with van der Waals surface area (Å²) in [5.74, 6) is 0.695. The molecule has 3 N–H and O–H groups in total. The van der Waals surface area contributed by atoms with Gasteiger partial charge in [-0.3, -0.25) is 4.79 Å². The minimum absolute atomic E-state index is 0.151. The van der Waals surface area contributed by atoms with Crippen molar-refractivity contribution in [2.24, 2.45) is 5.73 Å². The molecule has 4 heteroatoms. The molecule has 2 rings (SSSR count). The highest BCUT2D eigenvalue weighted by molar-refractivity contribution is 5.84. The summed E-state index contributed by atoms with van der Waals surface area (Å²) in [5, 5.41) is 0.936. The van der Waals surface area contributed by atoms with Crippen LogP contribution in [0, 0.1) is 0 Å². The normalized spacial score (nSPS) is 10.6. The minimum Gasteiger partial charge on any atom is -0.492 e. The molecule has 0 radical (unpaired) electrons. The number of rotatable bonds is 3. The molecule has 1 heterocycles. The number of benzene rings is 1. The molecule has 0 bridgehead atoms. The molecule has 0 amide bonds. The van der Waals surface area contributed by atoms with Crippen molar-refractivity contribution in [2.45, 2.75) is 13.5 Å². The van der Waals surface area contributed by atoms with Gasteiger partial charge < -0.3 is 15.5 Å². The van der Waals surface area contributed by atoms with Crippen LogP contribution >= 0.6 is 0 Å². The van der Waals surface area contributed by atoms with Gasteiger partial charge >= 0.3 is 0 Å². The van der Waals surface area contributed by atoms with Gasteiger partial charge in [0.05, 0.1) is 12.1 Å². The van der Waals surface area contributed by atoms with Crippen LogP contribution in [0.4, 0.5) is 0 Å². The van der Waals surface area contributed by atoms with Gasteiger partial charge in [0, 0.05) is 17.5 Å². The van der Waals surface area contributed by atoms with Crippen LogP contribution in [0.1, 0.15) is 12.5 Å². The first-order valence-corrected chi connectivity index (χ1v) is 5.24. The van der Waals surface area contributed by atoms with E-state index in [4.69, 9.17) is 10.5 Å². The minimum atomic E-state index is -0.151. The van der Waals surface area contributed by atoms with Gasteiger partial charge in [-0.1, -0.05) is 12.1 Å². The highest BCUT2D eigenvalue weighted by Gasteiger charge is 2.05. The van der Waals surface area contributed by atoms with E-state index in [2.05, 4.69) is 4.98 Å². The zero-order valence-corrected chi connectivity index (χ0v) is 9.12. The number of para-hydroxylation sites is 1. The van der Waals surface area contributed by atoms with Crippen LogP contribution < -0.4 is 16.0 Å². The summed E-state index contributed by atoms with van der Waals surface area (Å²) in [6, 6.07) is 7.46. The van der Waals surface area contributed by atoms with E-state index in [0.29, 0.717) is 17.9 Å². The topological polar surface area (TPSA) is 68.1 Å². The lowest BCUT2D eigenvalue weighted by molar-refractivity contribution is 0.343. The second kappa shape index (κ2) is 4.37. The number of ether oxygens (including phenoxy) is 1. The molecule has 0 spiro atoms. The maximum atomic E-state index is 11.6. The number of hydrogen-bond acceptors (Lipinski definition) is 3. The fraction of sp³-hybridized carbons (Fsp3) is 0.250. The Labute approximate surface area is 93.0 Å². The Morgan fingerprint density at radius 2 is 2.25 bits per heavy atom. The van der Waals surface area contributed by atoms with E-state index in [9.17, 15) is 4.79 Å². The summed E-state index contributed by atoms with van der Waals surface area (Å²) in [6.07, 6.45) is 0. The van der Waals surface area contributed by atoms with Crippen LogP contribution in [0.15, 0.2) is 29.1 Å². The van der Waals surface area contributed by atoms with Crippen molar-refractivity contribution in [3.8, 4) is 5.75 Å². The first-order chi connectivity index (χ1) is 7.76. The second-order valence-electron chi connectivity index (χ2n) is 3.48. The molecule has 1 aromatic heterocycles. The van der Waals surface area contributed by atoms with E-state index in [1.54, 1.807) is 6.07 Å². The molecule has 16 heavy (non-hydrogen) atoms. The maximum absolute atomic E-state index is 11.6. The Hall–Kier alpha value is -1.81. The standard InChI is InChI=1S/C12H14N2O2/c1-2-16-10-5-3-4-8-6-9(7-13)12(15)14-11(8)10/h3-6H,2,7,13H2,1H3,(H,14,15). The molecular formula is C12H14N2O2. The monoisotopic (exact) mass is 218 g/mol. The Morgan fingerprint density at radius 3 is 2.94 bits per heavy atom. The van der Waals surface area contributed by atoms with Crippen LogP contribution in [0.3, 0.4) is 0 Å². The molecule has 0 fully saturated rings. The van der Waals surface area contributed by atoms with E-state index in [1.807, 2.05) is 25.1 Å². The van der Waals surface area contributed by atoms with Crippen LogP contribution in [0.5, 0.6) is 5.75 Å². The molecule has 4 nitrogen and oxygen atoms in total. The van der Waals surface area contributed by atoms with Crippen molar-refractivity contribution in [3.05, 3.63) is 40.2 Å². The first kappa shape index (κ1) is 10.7. The van der Waals surface area contributed by atoms with Crippen molar-refractivity contribution in [3.63, 3.8) is 0 Å². The molecule has 0 unspecified atom stereocenters. The quantitative estimate of drug-likeness (QED) is 0.817. The largest absolute Gasteiger partial charge is 0.492 e. The van der Waals surface area contributed by atoms with Gasteiger partial charge in [0.1, 0.15) is 5.75 Å². The summed E-state index contributed by atoms with van der Waals surface area (Å²) >= 11 is 0. The molecule has 0 saturated heterocycles. The highest BCUT2D eigenvalue weighted by atomic mass is 16.5. The number of pyridine rings is 1. The average molecular weight is 218 g/mol. The summed E-state index contributed by atoms with van der Waals surface area (Å²) in [4.78, 5) is 14.4. The number of aromatic nitrogens is 1. The van der Waals surface area contributed by atoms with Crippen molar-refractivity contribution < 1.29 is 4.74 Å². The zero-order chi connectivity index (χ0) is 11.5. The molecule has 0 aliphatic carbocycles. The van der Waals surface area contributed by atoms with E-state index in [-0.39, 0.29) is 12.1 Å². The average Bonchev–Trinajstić information content (AvgIpc) is 2.29. The molecular weight excluding hydrogens is 204 g/mol. The molecule has 0 aliphatic rings. The number of hydrogen-bond donors (Lipinski definition) is 2. The van der Waals surface area contributed by atoms with Gasteiger partial charge in [-0.25, -0.2) is 0 Å². The molecule has 0 aliphatic heterocycles. The molecule has 84 valence electrons. The Kier molecular flexibility index (Phi) is 2.92. The van der Waals surface area contributed by atoms with E-state index in [0.717, 1.165) is 10.9 Å². The molecule has 0 saturated carbocycles. The number of fused-ring (bicyclic) bond motifs is 1. The third-order valence-corrected chi connectivity index (χ3v) is 2.44. The highest BCUT2D eigenvalue weighted by Crippen LogP contribution is 2.22. The fourth-order valence-corrected chi connectivity index (χ4v) is 1.68. The number of nitrogens with one attached hydrogen (secondary N) is 1. The lowest BCUT2D eigenvalue weighted by Crippen LogP contribution is -2.15. The SMILES string of the molecule is CCOc1cccc2cc(CN)c(=O)[nH]c12. The summed E-state index contributed by atoms with van der Waals surface area (Å²) in [6.45, 7) is 2.72. The van der Waals surface area contributed by atoms with Gasteiger partial charge in [-0.15, -0.1) is 0 Å². The number of H-pyrrole nitrogens is 1. The van der Waals surface area contributed by atoms with Crippen LogP contribution in [-0.2, 0) is 6.54 Å². The smallest absolute Gasteiger partial charge is 0.253 e. The zero-order valence-electron chi connectivity index (χ0n) is 9.12. The fourth-order valence-electron chi connectivity index (χ4n) is 1.68. The van der Waals surface area contributed by atoms with Gasteiger partial charge in [0.15, 0.2) is 0 Å². The van der Waals surface area contributed by atoms with Crippen molar-refractivity contribution >= 4 is 10.9 Å². The summed E-state index contributed by atoms with van der Waals surface area (Å²) in [5.41, 5.74) is 6.65. The third kappa shape index (κ3) is 1.79. The number of nitrogens with two attached hydrogens (primary N) is 1. The Bertz CT molecular complexity index is 560. The Balaban J connectivity index is 2.69. The van der Waals surface area contributed by atoms with Crippen molar-refractivity contribution in [1.29, 1.82) is 0 Å². The predicted molar refractivity (Wildman–Crippen MR) is 63.6 cm³/mol. The van der Waals surface area contributed by atoms with E-state index < -0.39 is 0 Å². The second-order valence-corrected chi connectivity index (χ2v) is 3.48. The van der Waals surface area contributed by atoms with E-state index >= 15 is 0 Å². The summed E-state index contributed by atoms with van der Waals surface area (Å²) in [7, 11) is 0. The maximum Gasteiger partial charge on any atom is 0.253 e. The van der Waals surface area contributed by atoms with Gasteiger partial charge in [-0.2, -0.15) is 0 Å². The van der Waals surface area contributed by atoms with Gasteiger partial charge in [0.25, 0.3) is 5.56 Å². The van der Waals surface area contributed by atoms with Crippen LogP contribution in [0.25, 0.3) is 10.9 Å². The molecule has 1 aromatic carbocycles. The molecule has 2 aromatic rings. The van der Waals surface area contributed by atoms with Crippen LogP contribution in [0.2, 0.25) is 0 Å². The van der Waals surface area contributed by atoms with Gasteiger partial charge in [0.2, 0.25) is 0 Å². The predicted octanol–water partition coefficient (Wildman–Crippen LogP) is 1.39. The van der Waals surface area contributed by atoms with E-state index in [1.165, 1.54) is 0 Å². The van der Waals surface area contributed by atoms with Crippen molar-refractivity contribution in [2.75, 3.05) is 6.61 Å². The lowest BCUT2D eigenvalue weighted by Gasteiger charge is -2.07. The third-order valence-electron chi connectivity index (χ3n) is 2.44. The number of aromatic amines is 1. The van der Waals surface area contributed by atoms with Crippen LogP contribution in [-0.4, -0.2) is 11.6 Å². The lowest BCUT2D eigenvalue weighted by atomic mass is 10.1. The Morgan fingerprint density at radius 1 is 1.44 bits per heavy atom. The first-order valence-electron chi connectivity index (χ1n) is 5.24. The van der Waals surface area contributed by atoms with Gasteiger partial charge in [-0.05, 0) is 19.1 Å². The molecule has 0 atom stereocenters. The summed E-state index contributed by atoms with van der Waals surface area (Å²) < 4.78 is 5.45. The van der Waals surface area contributed by atoms with Crippen molar-refractivity contribution in [1.82, 2.24) is 4.98 Å².